The summed E-state index contributed by atoms with van der Waals surface area (Å²) < 4.78 is 11.1. The number of pyridine rings is 1. The van der Waals surface area contributed by atoms with E-state index in [4.69, 9.17) is 9.15 Å². The fourth-order valence-corrected chi connectivity index (χ4v) is 4.65. The van der Waals surface area contributed by atoms with Crippen LogP contribution in [0.5, 0.6) is 5.75 Å². The van der Waals surface area contributed by atoms with Crippen molar-refractivity contribution in [2.24, 2.45) is 0 Å². The molecule has 1 atom stereocenters. The molecule has 160 valence electrons. The predicted molar refractivity (Wildman–Crippen MR) is 119 cm³/mol. The summed E-state index contributed by atoms with van der Waals surface area (Å²) in [4.78, 5) is 33.1. The van der Waals surface area contributed by atoms with E-state index in [-0.39, 0.29) is 17.9 Å². The first-order valence-corrected chi connectivity index (χ1v) is 10.7. The lowest BCUT2D eigenvalue weighted by molar-refractivity contribution is -0.130. The summed E-state index contributed by atoms with van der Waals surface area (Å²) in [6.07, 6.45) is 3.20. The van der Waals surface area contributed by atoms with Crippen LogP contribution in [0.25, 0.3) is 11.0 Å². The van der Waals surface area contributed by atoms with Crippen LogP contribution < -0.4 is 4.74 Å². The van der Waals surface area contributed by atoms with Crippen molar-refractivity contribution in [1.82, 2.24) is 9.88 Å². The number of hydrogen-bond donors (Lipinski definition) is 1. The summed E-state index contributed by atoms with van der Waals surface area (Å²) in [6.45, 7) is 0.255. The van der Waals surface area contributed by atoms with Crippen molar-refractivity contribution in [1.29, 1.82) is 0 Å². The lowest BCUT2D eigenvalue weighted by atomic mass is 9.96. The van der Waals surface area contributed by atoms with E-state index in [1.54, 1.807) is 48.8 Å². The van der Waals surface area contributed by atoms with E-state index in [0.29, 0.717) is 22.3 Å². The number of carbonyl (C=O) groups is 2. The van der Waals surface area contributed by atoms with Gasteiger partial charge in [-0.3, -0.25) is 14.6 Å². The largest absolute Gasteiger partial charge is 0.503 e. The third-order valence-corrected chi connectivity index (χ3v) is 6.27. The Kier molecular flexibility index (Phi) is 4.99. The van der Waals surface area contributed by atoms with Crippen LogP contribution in [0.4, 0.5) is 0 Å². The molecule has 3 aromatic heterocycles. The number of nitrogens with zero attached hydrogens (tertiary/aromatic N) is 2. The molecule has 32 heavy (non-hydrogen) atoms. The van der Waals surface area contributed by atoms with E-state index >= 15 is 0 Å². The van der Waals surface area contributed by atoms with Gasteiger partial charge < -0.3 is 19.2 Å². The van der Waals surface area contributed by atoms with E-state index in [9.17, 15) is 14.7 Å². The van der Waals surface area contributed by atoms with E-state index < -0.39 is 23.5 Å². The molecule has 1 aliphatic rings. The molecule has 0 radical (unpaired) electrons. The second-order valence-corrected chi connectivity index (χ2v) is 8.31. The van der Waals surface area contributed by atoms with E-state index in [2.05, 4.69) is 4.98 Å². The first-order chi connectivity index (χ1) is 15.6. The molecule has 1 N–H and O–H groups in total. The summed E-state index contributed by atoms with van der Waals surface area (Å²) in [5.74, 6) is -1.23. The summed E-state index contributed by atoms with van der Waals surface area (Å²) in [5, 5.41) is 13.4. The fraction of sp³-hybridized carbons (Fsp3) is 0.125. The number of thiophene rings is 1. The average molecular weight is 446 g/mol. The van der Waals surface area contributed by atoms with Gasteiger partial charge in [0.1, 0.15) is 0 Å². The predicted octanol–water partition coefficient (Wildman–Crippen LogP) is 4.68. The first kappa shape index (κ1) is 20.0. The summed E-state index contributed by atoms with van der Waals surface area (Å²) in [5.41, 5.74) is 1.02. The van der Waals surface area contributed by atoms with Gasteiger partial charge in [0.05, 0.1) is 25.3 Å². The number of carbonyl (C=O) groups excluding carboxylic acids is 2. The fourth-order valence-electron chi connectivity index (χ4n) is 3.95. The van der Waals surface area contributed by atoms with Gasteiger partial charge in [-0.2, -0.15) is 0 Å². The van der Waals surface area contributed by atoms with E-state index in [0.717, 1.165) is 4.88 Å². The Balaban J connectivity index is 1.60. The number of methoxy groups -OCH3 is 1. The van der Waals surface area contributed by atoms with Crippen LogP contribution in [-0.4, -0.2) is 33.8 Å². The SMILES string of the molecule is COc1cccc2cc(C(=O)C3=C(O)C(=O)N(Cc4cccs4)C3c3cccnc3)oc12. The quantitative estimate of drug-likeness (QED) is 0.433. The Hall–Kier alpha value is -3.91. The van der Waals surface area contributed by atoms with Gasteiger partial charge in [0.2, 0.25) is 5.78 Å². The number of para-hydroxylation sites is 1. The van der Waals surface area contributed by atoms with Crippen molar-refractivity contribution in [3.63, 3.8) is 0 Å². The number of Topliss-reactive ketones (excluding diaryl/α,β-unsaturated/α-hetero) is 1. The standard InChI is InChI=1S/C24H18N2O5S/c1-30-17-8-2-5-14-11-18(31-23(14)17)21(27)19-20(15-6-3-9-25-12-15)26(24(29)22(19)28)13-16-7-4-10-32-16/h2-12,20,28H,13H2,1H3. The van der Waals surface area contributed by atoms with Crippen molar-refractivity contribution in [3.8, 4) is 5.75 Å². The maximum atomic E-state index is 13.6. The van der Waals surface area contributed by atoms with Crippen LogP contribution in [0.15, 0.2) is 82.1 Å². The molecular formula is C24H18N2O5S. The van der Waals surface area contributed by atoms with Gasteiger partial charge >= 0.3 is 0 Å². The highest BCUT2D eigenvalue weighted by Gasteiger charge is 2.44. The smallest absolute Gasteiger partial charge is 0.290 e. The molecule has 0 fully saturated rings. The molecule has 0 saturated heterocycles. The van der Waals surface area contributed by atoms with Crippen LogP contribution in [0.1, 0.15) is 27.0 Å². The number of amides is 1. The molecular weight excluding hydrogens is 428 g/mol. The number of fused-ring (bicyclic) bond motifs is 1. The zero-order valence-electron chi connectivity index (χ0n) is 17.0. The lowest BCUT2D eigenvalue weighted by Gasteiger charge is -2.25. The minimum Gasteiger partial charge on any atom is -0.503 e. The van der Waals surface area contributed by atoms with Crippen molar-refractivity contribution in [2.75, 3.05) is 7.11 Å². The van der Waals surface area contributed by atoms with Crippen LogP contribution in [0, 0.1) is 0 Å². The number of benzene rings is 1. The van der Waals surface area contributed by atoms with Gasteiger partial charge in [-0.05, 0) is 35.2 Å². The minimum absolute atomic E-state index is 0.0192. The number of aliphatic hydroxyl groups excluding tert-OH is 1. The van der Waals surface area contributed by atoms with Crippen molar-refractivity contribution in [2.45, 2.75) is 12.6 Å². The third-order valence-electron chi connectivity index (χ3n) is 5.41. The summed E-state index contributed by atoms with van der Waals surface area (Å²) in [6, 6.07) is 13.4. The Morgan fingerprint density at radius 1 is 1.25 bits per heavy atom. The van der Waals surface area contributed by atoms with E-state index in [1.165, 1.54) is 23.3 Å². The lowest BCUT2D eigenvalue weighted by Crippen LogP contribution is -2.30. The van der Waals surface area contributed by atoms with Crippen LogP contribution in [-0.2, 0) is 11.3 Å². The number of furan rings is 1. The Labute approximate surface area is 187 Å². The Morgan fingerprint density at radius 3 is 2.84 bits per heavy atom. The third kappa shape index (κ3) is 3.25. The van der Waals surface area contributed by atoms with Crippen LogP contribution in [0.2, 0.25) is 0 Å². The van der Waals surface area contributed by atoms with Crippen molar-refractivity contribution in [3.05, 3.63) is 93.8 Å². The summed E-state index contributed by atoms with van der Waals surface area (Å²) in [7, 11) is 1.52. The van der Waals surface area contributed by atoms with Gasteiger partial charge in [0, 0.05) is 22.7 Å². The molecule has 1 amide bonds. The summed E-state index contributed by atoms with van der Waals surface area (Å²) >= 11 is 1.50. The molecule has 1 aromatic carbocycles. The maximum Gasteiger partial charge on any atom is 0.290 e. The van der Waals surface area contributed by atoms with Gasteiger partial charge in [-0.15, -0.1) is 11.3 Å². The van der Waals surface area contributed by atoms with Crippen LogP contribution >= 0.6 is 11.3 Å². The number of aliphatic hydroxyl groups is 1. The average Bonchev–Trinajstić information content (AvgIpc) is 3.54. The second kappa shape index (κ2) is 7.97. The molecule has 1 unspecified atom stereocenters. The second-order valence-electron chi connectivity index (χ2n) is 7.28. The maximum absolute atomic E-state index is 13.6. The molecule has 8 heteroatoms. The molecule has 7 nitrogen and oxygen atoms in total. The van der Waals surface area contributed by atoms with Gasteiger partial charge in [0.25, 0.3) is 5.91 Å². The van der Waals surface area contributed by atoms with Crippen molar-refractivity contribution >= 4 is 34.0 Å². The molecule has 0 saturated carbocycles. The van der Waals surface area contributed by atoms with E-state index in [1.807, 2.05) is 17.5 Å². The normalized spacial score (nSPS) is 16.2. The van der Waals surface area contributed by atoms with Crippen molar-refractivity contribution < 1.29 is 23.8 Å². The first-order valence-electron chi connectivity index (χ1n) is 9.86. The zero-order valence-corrected chi connectivity index (χ0v) is 17.8. The molecule has 4 heterocycles. The molecule has 5 rings (SSSR count). The Bertz CT molecular complexity index is 1340. The zero-order chi connectivity index (χ0) is 22.2. The minimum atomic E-state index is -0.791. The van der Waals surface area contributed by atoms with Gasteiger partial charge in [0.15, 0.2) is 22.9 Å². The number of ketones is 1. The molecule has 1 aliphatic heterocycles. The number of ether oxygens (including phenoxy) is 1. The number of hydrogen-bond acceptors (Lipinski definition) is 7. The molecule has 4 aromatic rings. The highest BCUT2D eigenvalue weighted by Crippen LogP contribution is 2.41. The highest BCUT2D eigenvalue weighted by atomic mass is 32.1. The highest BCUT2D eigenvalue weighted by molar-refractivity contribution is 7.09. The number of rotatable bonds is 6. The topological polar surface area (TPSA) is 92.9 Å². The Morgan fingerprint density at radius 2 is 2.12 bits per heavy atom. The van der Waals surface area contributed by atoms with Crippen LogP contribution in [0.3, 0.4) is 0 Å². The molecule has 0 spiro atoms. The molecule has 0 aliphatic carbocycles. The van der Waals surface area contributed by atoms with Gasteiger partial charge in [-0.25, -0.2) is 0 Å². The molecule has 0 bridgehead atoms. The number of aromatic nitrogens is 1. The monoisotopic (exact) mass is 446 g/mol. The van der Waals surface area contributed by atoms with Gasteiger partial charge in [-0.1, -0.05) is 24.3 Å².